The van der Waals surface area contributed by atoms with Crippen molar-refractivity contribution < 1.29 is 19.1 Å². The lowest BCUT2D eigenvalue weighted by atomic mass is 9.81. The number of likely N-dealkylation sites (tertiary alicyclic amines) is 1. The Balaban J connectivity index is 1.11. The van der Waals surface area contributed by atoms with Gasteiger partial charge in [-0.2, -0.15) is 0 Å². The smallest absolute Gasteiger partial charge is 0.338 e. The highest BCUT2D eigenvalue weighted by atomic mass is 16.5. The fourth-order valence-corrected chi connectivity index (χ4v) is 5.99. The van der Waals surface area contributed by atoms with E-state index in [9.17, 15) is 9.59 Å². The molecule has 0 bridgehead atoms. The molecule has 3 aliphatic heterocycles. The summed E-state index contributed by atoms with van der Waals surface area (Å²) in [7, 11) is 0. The molecule has 0 radical (unpaired) electrons. The molecule has 0 spiro atoms. The molecule has 1 saturated heterocycles. The van der Waals surface area contributed by atoms with E-state index in [2.05, 4.69) is 43.1 Å². The number of hydrogen-bond donors (Lipinski definition) is 1. The number of carbonyl (C=O) groups excluding carboxylic acids is 2. The van der Waals surface area contributed by atoms with Gasteiger partial charge in [-0.25, -0.2) is 9.59 Å². The van der Waals surface area contributed by atoms with Crippen molar-refractivity contribution in [3.05, 3.63) is 68.8 Å². The zero-order valence-electron chi connectivity index (χ0n) is 21.2. The number of cyclic esters (lactones) is 2. The van der Waals surface area contributed by atoms with Gasteiger partial charge in [0.2, 0.25) is 0 Å². The van der Waals surface area contributed by atoms with E-state index in [0.717, 1.165) is 67.8 Å². The Morgan fingerprint density at radius 2 is 1.51 bits per heavy atom. The van der Waals surface area contributed by atoms with Crippen molar-refractivity contribution >= 4 is 11.9 Å². The fraction of sp³-hybridized carbons (Fsp3) is 0.517. The van der Waals surface area contributed by atoms with Crippen LogP contribution in [0.2, 0.25) is 0 Å². The molecular formula is C29H36N2O4. The van der Waals surface area contributed by atoms with Crippen LogP contribution >= 0.6 is 0 Å². The summed E-state index contributed by atoms with van der Waals surface area (Å²) in [4.78, 5) is 26.2. The van der Waals surface area contributed by atoms with Gasteiger partial charge in [0.1, 0.15) is 13.2 Å². The second-order valence-electron chi connectivity index (χ2n) is 10.8. The van der Waals surface area contributed by atoms with Crippen molar-refractivity contribution in [2.24, 2.45) is 5.41 Å². The normalized spacial score (nSPS) is 21.6. The van der Waals surface area contributed by atoms with Crippen LogP contribution in [0.5, 0.6) is 0 Å². The number of esters is 2. The van der Waals surface area contributed by atoms with Crippen LogP contribution in [0.25, 0.3) is 0 Å². The number of rotatable bonds is 8. The molecule has 35 heavy (non-hydrogen) atoms. The number of nitrogens with zero attached hydrogens (tertiary/aromatic N) is 1. The third-order valence-corrected chi connectivity index (χ3v) is 8.24. The van der Waals surface area contributed by atoms with E-state index in [-0.39, 0.29) is 17.4 Å². The maximum atomic E-state index is 11.8. The highest BCUT2D eigenvalue weighted by molar-refractivity contribution is 5.94. The van der Waals surface area contributed by atoms with Gasteiger partial charge in [-0.3, -0.25) is 0 Å². The standard InChI is InChI=1S/C29H36N2O4/c1-19-21(5-7-23-25(19)15-34-27(23)32)9-12-30-17-29(3)11-4-13-31(18-29)14-10-22-6-8-24-26(20(22)2)16-35-28(24)33/h5-8,30H,4,9-18H2,1-3H3. The van der Waals surface area contributed by atoms with E-state index in [4.69, 9.17) is 9.47 Å². The van der Waals surface area contributed by atoms with Gasteiger partial charge in [0.15, 0.2) is 0 Å². The maximum absolute atomic E-state index is 11.8. The SMILES string of the molecule is Cc1c(CCNCC2(C)CCCN(CCc3ccc4c(c3C)COC4=O)C2)ccc2c1COC2=O. The number of nitrogens with one attached hydrogen (secondary N) is 1. The minimum Gasteiger partial charge on any atom is -0.457 e. The van der Waals surface area contributed by atoms with Crippen molar-refractivity contribution in [1.82, 2.24) is 10.2 Å². The van der Waals surface area contributed by atoms with Crippen LogP contribution in [0.15, 0.2) is 24.3 Å². The molecule has 0 saturated carbocycles. The molecule has 6 heteroatoms. The summed E-state index contributed by atoms with van der Waals surface area (Å²) >= 11 is 0. The summed E-state index contributed by atoms with van der Waals surface area (Å²) in [6, 6.07) is 8.04. The summed E-state index contributed by atoms with van der Waals surface area (Å²) in [5.41, 5.74) is 8.88. The molecule has 3 aliphatic rings. The Morgan fingerprint density at radius 3 is 2.14 bits per heavy atom. The molecule has 1 N–H and O–H groups in total. The van der Waals surface area contributed by atoms with Crippen LogP contribution in [-0.2, 0) is 35.5 Å². The van der Waals surface area contributed by atoms with Gasteiger partial charge >= 0.3 is 11.9 Å². The summed E-state index contributed by atoms with van der Waals surface area (Å²) in [5, 5.41) is 3.71. The van der Waals surface area contributed by atoms with Gasteiger partial charge < -0.3 is 19.7 Å². The fourth-order valence-electron chi connectivity index (χ4n) is 5.99. The number of benzene rings is 2. The number of carbonyl (C=O) groups is 2. The Morgan fingerprint density at radius 1 is 0.914 bits per heavy atom. The predicted octanol–water partition coefficient (Wildman–Crippen LogP) is 4.12. The van der Waals surface area contributed by atoms with E-state index in [1.54, 1.807) is 0 Å². The first-order valence-electron chi connectivity index (χ1n) is 12.8. The summed E-state index contributed by atoms with van der Waals surface area (Å²) in [5.74, 6) is -0.387. The van der Waals surface area contributed by atoms with E-state index in [1.807, 2.05) is 12.1 Å². The highest BCUT2D eigenvalue weighted by Crippen LogP contribution is 2.30. The third-order valence-electron chi connectivity index (χ3n) is 8.24. The first kappa shape index (κ1) is 24.0. The van der Waals surface area contributed by atoms with Gasteiger partial charge in [0.05, 0.1) is 11.1 Å². The van der Waals surface area contributed by atoms with Crippen LogP contribution in [0.3, 0.4) is 0 Å². The van der Waals surface area contributed by atoms with Crippen molar-refractivity contribution in [3.63, 3.8) is 0 Å². The lowest BCUT2D eigenvalue weighted by molar-refractivity contribution is 0.0526. The summed E-state index contributed by atoms with van der Waals surface area (Å²) in [6.07, 6.45) is 4.42. The highest BCUT2D eigenvalue weighted by Gasteiger charge is 2.31. The number of hydrogen-bond acceptors (Lipinski definition) is 6. The second kappa shape index (κ2) is 9.75. The Bertz CT molecular complexity index is 1160. The number of piperidine rings is 1. The average Bonchev–Trinajstić information content (AvgIpc) is 3.41. The average molecular weight is 477 g/mol. The van der Waals surface area contributed by atoms with Gasteiger partial charge in [-0.1, -0.05) is 19.1 Å². The van der Waals surface area contributed by atoms with Crippen molar-refractivity contribution in [3.8, 4) is 0 Å². The minimum absolute atomic E-state index is 0.190. The van der Waals surface area contributed by atoms with Crippen LogP contribution in [-0.4, -0.2) is 49.6 Å². The largest absolute Gasteiger partial charge is 0.457 e. The van der Waals surface area contributed by atoms with Crippen LogP contribution in [0.4, 0.5) is 0 Å². The summed E-state index contributed by atoms with van der Waals surface area (Å²) < 4.78 is 10.4. The van der Waals surface area contributed by atoms with E-state index < -0.39 is 0 Å². The van der Waals surface area contributed by atoms with E-state index in [1.165, 1.54) is 35.1 Å². The molecule has 5 rings (SSSR count). The van der Waals surface area contributed by atoms with Crippen LogP contribution in [0, 0.1) is 19.3 Å². The van der Waals surface area contributed by atoms with Crippen molar-refractivity contribution in [1.29, 1.82) is 0 Å². The monoisotopic (exact) mass is 476 g/mol. The van der Waals surface area contributed by atoms with Gasteiger partial charge in [-0.15, -0.1) is 0 Å². The molecule has 1 atom stereocenters. The predicted molar refractivity (Wildman–Crippen MR) is 135 cm³/mol. The Labute approximate surface area is 208 Å². The Hall–Kier alpha value is -2.70. The van der Waals surface area contributed by atoms with Crippen molar-refractivity contribution in [2.45, 2.75) is 59.7 Å². The zero-order valence-corrected chi connectivity index (χ0v) is 21.2. The van der Waals surface area contributed by atoms with E-state index >= 15 is 0 Å². The van der Waals surface area contributed by atoms with Gasteiger partial charge in [0, 0.05) is 30.8 Å². The molecule has 3 heterocycles. The van der Waals surface area contributed by atoms with Crippen molar-refractivity contribution in [2.75, 3.05) is 32.7 Å². The number of ether oxygens (including phenoxy) is 2. The van der Waals surface area contributed by atoms with E-state index in [0.29, 0.717) is 13.2 Å². The first-order chi connectivity index (χ1) is 16.8. The lowest BCUT2D eigenvalue weighted by Crippen LogP contribution is -2.47. The lowest BCUT2D eigenvalue weighted by Gasteiger charge is -2.41. The van der Waals surface area contributed by atoms with Gasteiger partial charge in [0.25, 0.3) is 0 Å². The molecule has 1 unspecified atom stereocenters. The zero-order chi connectivity index (χ0) is 24.6. The van der Waals surface area contributed by atoms with Crippen LogP contribution in [0.1, 0.15) is 73.9 Å². The number of fused-ring (bicyclic) bond motifs is 2. The maximum Gasteiger partial charge on any atom is 0.338 e. The van der Waals surface area contributed by atoms with Gasteiger partial charge in [-0.05, 0) is 92.4 Å². The third kappa shape index (κ3) is 4.87. The molecule has 186 valence electrons. The minimum atomic E-state index is -0.196. The summed E-state index contributed by atoms with van der Waals surface area (Å²) in [6.45, 7) is 12.7. The quantitative estimate of drug-likeness (QED) is 0.457. The molecular weight excluding hydrogens is 440 g/mol. The molecule has 2 aromatic rings. The molecule has 0 amide bonds. The molecule has 0 aliphatic carbocycles. The molecule has 1 fully saturated rings. The topological polar surface area (TPSA) is 67.9 Å². The molecule has 2 aromatic carbocycles. The Kier molecular flexibility index (Phi) is 6.69. The van der Waals surface area contributed by atoms with Crippen LogP contribution < -0.4 is 5.32 Å². The second-order valence-corrected chi connectivity index (χ2v) is 10.8. The molecule has 6 nitrogen and oxygen atoms in total. The molecule has 0 aromatic heterocycles. The first-order valence-corrected chi connectivity index (χ1v) is 12.8.